The van der Waals surface area contributed by atoms with Crippen molar-refractivity contribution in [2.24, 2.45) is 0 Å². The van der Waals surface area contributed by atoms with E-state index < -0.39 is 12.1 Å². The largest absolute Gasteiger partial charge is 0.496 e. The molecule has 0 saturated heterocycles. The molecule has 1 atom stereocenters. The van der Waals surface area contributed by atoms with Crippen LogP contribution in [0.5, 0.6) is 11.5 Å². The fourth-order valence-electron chi connectivity index (χ4n) is 1.96. The number of rotatable bonds is 6. The van der Waals surface area contributed by atoms with Gasteiger partial charge < -0.3 is 14.6 Å². The maximum absolute atomic E-state index is 11.4. The molecular formula is C16H14Cl2O4. The van der Waals surface area contributed by atoms with Crippen LogP contribution in [0.4, 0.5) is 0 Å². The number of halogens is 2. The molecule has 116 valence electrons. The van der Waals surface area contributed by atoms with Crippen LogP contribution in [-0.4, -0.2) is 24.3 Å². The highest BCUT2D eigenvalue weighted by molar-refractivity contribution is 6.30. The SMILES string of the molecule is COc1ccc(Cl)cc1C[C@H](Oc1ccc(Cl)cc1)C(=O)O. The number of carbonyl (C=O) groups is 1. The molecule has 1 N–H and O–H groups in total. The molecule has 2 rings (SSSR count). The van der Waals surface area contributed by atoms with Gasteiger partial charge in [0, 0.05) is 16.5 Å². The lowest BCUT2D eigenvalue weighted by Crippen LogP contribution is -2.29. The highest BCUT2D eigenvalue weighted by Crippen LogP contribution is 2.25. The minimum Gasteiger partial charge on any atom is -0.496 e. The monoisotopic (exact) mass is 340 g/mol. The lowest BCUT2D eigenvalue weighted by molar-refractivity contribution is -0.145. The molecule has 0 aromatic heterocycles. The van der Waals surface area contributed by atoms with Gasteiger partial charge in [-0.05, 0) is 48.0 Å². The van der Waals surface area contributed by atoms with Crippen LogP contribution in [0.3, 0.4) is 0 Å². The molecule has 0 fully saturated rings. The Morgan fingerprint density at radius 2 is 1.77 bits per heavy atom. The predicted octanol–water partition coefficient (Wildman–Crippen LogP) is 4.08. The molecule has 0 saturated carbocycles. The molecule has 0 aliphatic rings. The maximum atomic E-state index is 11.4. The van der Waals surface area contributed by atoms with Crippen molar-refractivity contribution in [2.75, 3.05) is 7.11 Å². The summed E-state index contributed by atoms with van der Waals surface area (Å²) >= 11 is 11.8. The van der Waals surface area contributed by atoms with Gasteiger partial charge >= 0.3 is 5.97 Å². The first-order chi connectivity index (χ1) is 10.5. The molecule has 22 heavy (non-hydrogen) atoms. The Labute approximate surface area is 138 Å². The van der Waals surface area contributed by atoms with E-state index in [0.29, 0.717) is 27.1 Å². The normalized spacial score (nSPS) is 11.8. The van der Waals surface area contributed by atoms with Gasteiger partial charge in [0.2, 0.25) is 0 Å². The zero-order valence-electron chi connectivity index (χ0n) is 11.8. The van der Waals surface area contributed by atoms with Crippen LogP contribution in [0.1, 0.15) is 5.56 Å². The summed E-state index contributed by atoms with van der Waals surface area (Å²) in [6, 6.07) is 11.5. The number of carboxylic acid groups (broad SMARTS) is 1. The summed E-state index contributed by atoms with van der Waals surface area (Å²) in [7, 11) is 1.52. The van der Waals surface area contributed by atoms with Gasteiger partial charge in [-0.1, -0.05) is 23.2 Å². The Morgan fingerprint density at radius 1 is 1.14 bits per heavy atom. The molecule has 0 aliphatic carbocycles. The molecule has 0 bridgehead atoms. The molecule has 2 aromatic rings. The molecule has 0 aliphatic heterocycles. The Balaban J connectivity index is 2.20. The second kappa shape index (κ2) is 7.38. The van der Waals surface area contributed by atoms with E-state index in [-0.39, 0.29) is 6.42 Å². The fraction of sp³-hybridized carbons (Fsp3) is 0.188. The molecule has 0 unspecified atom stereocenters. The van der Waals surface area contributed by atoms with Gasteiger partial charge in [0.15, 0.2) is 6.10 Å². The average Bonchev–Trinajstić information content (AvgIpc) is 2.49. The van der Waals surface area contributed by atoms with Gasteiger partial charge in [-0.25, -0.2) is 4.79 Å². The summed E-state index contributed by atoms with van der Waals surface area (Å²) in [6.45, 7) is 0. The van der Waals surface area contributed by atoms with Gasteiger partial charge in [0.05, 0.1) is 7.11 Å². The van der Waals surface area contributed by atoms with Crippen molar-refractivity contribution in [1.82, 2.24) is 0 Å². The molecule has 0 spiro atoms. The summed E-state index contributed by atoms with van der Waals surface area (Å²) in [6.07, 6.45) is -0.935. The fourth-order valence-corrected chi connectivity index (χ4v) is 2.28. The lowest BCUT2D eigenvalue weighted by Gasteiger charge is -2.17. The van der Waals surface area contributed by atoms with Crippen molar-refractivity contribution >= 4 is 29.2 Å². The summed E-state index contributed by atoms with van der Waals surface area (Å²) in [5.41, 5.74) is 0.663. The topological polar surface area (TPSA) is 55.8 Å². The van der Waals surface area contributed by atoms with Crippen LogP contribution >= 0.6 is 23.2 Å². The summed E-state index contributed by atoms with van der Waals surface area (Å²) in [4.78, 5) is 11.4. The first-order valence-corrected chi connectivity index (χ1v) is 7.22. The number of methoxy groups -OCH3 is 1. The second-order valence-corrected chi connectivity index (χ2v) is 5.43. The van der Waals surface area contributed by atoms with Crippen LogP contribution in [0.2, 0.25) is 10.0 Å². The lowest BCUT2D eigenvalue weighted by atomic mass is 10.1. The van der Waals surface area contributed by atoms with E-state index in [1.807, 2.05) is 0 Å². The molecule has 4 nitrogen and oxygen atoms in total. The highest BCUT2D eigenvalue weighted by Gasteiger charge is 2.22. The third-order valence-corrected chi connectivity index (χ3v) is 3.50. The van der Waals surface area contributed by atoms with Crippen LogP contribution in [-0.2, 0) is 11.2 Å². The number of aliphatic carboxylic acids is 1. The molecule has 2 aromatic carbocycles. The van der Waals surface area contributed by atoms with Crippen LogP contribution < -0.4 is 9.47 Å². The Morgan fingerprint density at radius 3 is 2.36 bits per heavy atom. The second-order valence-electron chi connectivity index (χ2n) is 4.56. The van der Waals surface area contributed by atoms with E-state index in [9.17, 15) is 9.90 Å². The van der Waals surface area contributed by atoms with Crippen LogP contribution in [0.25, 0.3) is 0 Å². The quantitative estimate of drug-likeness (QED) is 0.860. The number of hydrogen-bond donors (Lipinski definition) is 1. The minimum atomic E-state index is -1.07. The molecular weight excluding hydrogens is 327 g/mol. The Kier molecular flexibility index (Phi) is 5.52. The van der Waals surface area contributed by atoms with E-state index in [0.717, 1.165) is 0 Å². The Bertz CT molecular complexity index is 656. The van der Waals surface area contributed by atoms with Gasteiger partial charge in [-0.2, -0.15) is 0 Å². The van der Waals surface area contributed by atoms with Crippen LogP contribution in [0.15, 0.2) is 42.5 Å². The van der Waals surface area contributed by atoms with Crippen molar-refractivity contribution in [2.45, 2.75) is 12.5 Å². The smallest absolute Gasteiger partial charge is 0.345 e. The van der Waals surface area contributed by atoms with Gasteiger partial charge in [0.25, 0.3) is 0 Å². The molecule has 0 amide bonds. The number of benzene rings is 2. The van der Waals surface area contributed by atoms with Crippen molar-refractivity contribution in [3.05, 3.63) is 58.1 Å². The highest BCUT2D eigenvalue weighted by atomic mass is 35.5. The van der Waals surface area contributed by atoms with Crippen molar-refractivity contribution in [1.29, 1.82) is 0 Å². The first kappa shape index (κ1) is 16.5. The zero-order chi connectivity index (χ0) is 16.1. The number of hydrogen-bond acceptors (Lipinski definition) is 3. The average molecular weight is 341 g/mol. The molecule has 0 heterocycles. The van der Waals surface area contributed by atoms with Crippen molar-refractivity contribution in [3.8, 4) is 11.5 Å². The van der Waals surface area contributed by atoms with Crippen LogP contribution in [0, 0.1) is 0 Å². The van der Waals surface area contributed by atoms with Gasteiger partial charge in [-0.15, -0.1) is 0 Å². The third-order valence-electron chi connectivity index (χ3n) is 3.02. The van der Waals surface area contributed by atoms with Crippen molar-refractivity contribution < 1.29 is 19.4 Å². The first-order valence-electron chi connectivity index (χ1n) is 6.47. The van der Waals surface area contributed by atoms with Crippen molar-refractivity contribution in [3.63, 3.8) is 0 Å². The van der Waals surface area contributed by atoms with E-state index in [2.05, 4.69) is 0 Å². The summed E-state index contributed by atoms with van der Waals surface area (Å²) in [5, 5.41) is 10.4. The molecule has 6 heteroatoms. The summed E-state index contributed by atoms with van der Waals surface area (Å²) in [5.74, 6) is -0.0786. The molecule has 0 radical (unpaired) electrons. The standard InChI is InChI=1S/C16H14Cl2O4/c1-21-14-7-4-12(18)8-10(14)9-15(16(19)20)22-13-5-2-11(17)3-6-13/h2-8,15H,9H2,1H3,(H,19,20)/t15-/m0/s1. The zero-order valence-corrected chi connectivity index (χ0v) is 13.3. The van der Waals surface area contributed by atoms with Gasteiger partial charge in [-0.3, -0.25) is 0 Å². The Hall–Kier alpha value is -1.91. The minimum absolute atomic E-state index is 0.127. The predicted molar refractivity (Wildman–Crippen MR) is 85.2 cm³/mol. The van der Waals surface area contributed by atoms with E-state index in [4.69, 9.17) is 32.7 Å². The number of carboxylic acids is 1. The maximum Gasteiger partial charge on any atom is 0.345 e. The third kappa shape index (κ3) is 4.29. The van der Waals surface area contributed by atoms with E-state index >= 15 is 0 Å². The van der Waals surface area contributed by atoms with Gasteiger partial charge in [0.1, 0.15) is 11.5 Å². The van der Waals surface area contributed by atoms with E-state index in [1.165, 1.54) is 7.11 Å². The summed E-state index contributed by atoms with van der Waals surface area (Å²) < 4.78 is 10.7. The van der Waals surface area contributed by atoms with E-state index in [1.54, 1.807) is 42.5 Å². The number of ether oxygens (including phenoxy) is 2.